The molecule has 0 spiro atoms. The largest absolute Gasteiger partial charge is 0.743 e. The van der Waals surface area contributed by atoms with Gasteiger partial charge in [-0.2, -0.15) is 8.78 Å². The van der Waals surface area contributed by atoms with Gasteiger partial charge >= 0.3 is 17.4 Å². The van der Waals surface area contributed by atoms with Crippen LogP contribution in [0.15, 0.2) is 29.2 Å². The van der Waals surface area contributed by atoms with Crippen LogP contribution in [-0.2, 0) is 41.2 Å². The summed E-state index contributed by atoms with van der Waals surface area (Å²) in [6.07, 6.45) is -0.324. The van der Waals surface area contributed by atoms with E-state index >= 15 is 0 Å². The summed E-state index contributed by atoms with van der Waals surface area (Å²) in [5.74, 6) is 2.85. The number of imide groups is 1. The molecule has 2 aliphatic rings. The van der Waals surface area contributed by atoms with Crippen LogP contribution >= 0.6 is 0 Å². The molecule has 2 heterocycles. The Kier molecular flexibility index (Phi) is 10.8. The Morgan fingerprint density at radius 1 is 1.05 bits per heavy atom. The quantitative estimate of drug-likeness (QED) is 0.349. The SMILES string of the molecule is CC(C)(C)c1ccc([S+]2CCCCC2)cc1.CS(=O)(=O)N1CCN(C(=O)OCC(F)C(F)(F)S(=O)(=O)[O-])C1=O. The first kappa shape index (κ1) is 33.2. The van der Waals surface area contributed by atoms with Crippen molar-refractivity contribution in [3.63, 3.8) is 0 Å². The van der Waals surface area contributed by atoms with Crippen LogP contribution in [0.5, 0.6) is 0 Å². The van der Waals surface area contributed by atoms with Crippen molar-refractivity contribution in [2.75, 3.05) is 37.5 Å². The van der Waals surface area contributed by atoms with Crippen molar-refractivity contribution in [1.82, 2.24) is 9.21 Å². The molecule has 16 heteroatoms. The van der Waals surface area contributed by atoms with Crippen molar-refractivity contribution in [2.45, 2.75) is 61.8 Å². The third kappa shape index (κ3) is 8.72. The van der Waals surface area contributed by atoms with Crippen molar-refractivity contribution in [3.8, 4) is 0 Å². The summed E-state index contributed by atoms with van der Waals surface area (Å²) >= 11 is 0. The highest BCUT2D eigenvalue weighted by Gasteiger charge is 2.48. The standard InChI is InChI=1S/C15H23S.C8H11F3N2O8S2/c1-15(2,3)13-7-9-14(10-8-13)16-11-5-4-6-12-16;1-22(16,17)13-3-2-12(6(13)14)7(15)21-4-5(9)8(10,11)23(18,19)20/h7-10H,4-6,11-12H2,1-3H3;5H,2-4H2,1H3,(H,18,19,20)/q+1;/p-1. The third-order valence-electron chi connectivity index (χ3n) is 5.98. The van der Waals surface area contributed by atoms with E-state index in [0.717, 1.165) is 0 Å². The number of alkyl halides is 3. The number of carbonyl (C=O) groups excluding carboxylic acids is 2. The Hall–Kier alpha value is -2.04. The number of rotatable bonds is 6. The molecular formula is C23H33F3N2O8S3. The first-order valence-electron chi connectivity index (χ1n) is 12.0. The Balaban J connectivity index is 0.000000290. The average Bonchev–Trinajstić information content (AvgIpc) is 3.24. The highest BCUT2D eigenvalue weighted by Crippen LogP contribution is 2.28. The number of urea groups is 1. The van der Waals surface area contributed by atoms with E-state index < -0.39 is 63.4 Å². The minimum atomic E-state index is -6.33. The number of nitrogens with zero attached hydrogens (tertiary/aromatic N) is 2. The molecule has 1 atom stereocenters. The summed E-state index contributed by atoms with van der Waals surface area (Å²) in [6.45, 7) is 4.13. The van der Waals surface area contributed by atoms with Gasteiger partial charge in [0.05, 0.1) is 19.3 Å². The van der Waals surface area contributed by atoms with Crippen LogP contribution in [-0.4, -0.2) is 91.6 Å². The van der Waals surface area contributed by atoms with Crippen molar-refractivity contribution >= 4 is 43.2 Å². The van der Waals surface area contributed by atoms with Gasteiger partial charge in [-0.05, 0) is 42.4 Å². The molecule has 10 nitrogen and oxygen atoms in total. The Labute approximate surface area is 230 Å². The normalized spacial score (nSPS) is 18.4. The van der Waals surface area contributed by atoms with Gasteiger partial charge in [-0.15, -0.1) is 0 Å². The average molecular weight is 619 g/mol. The zero-order valence-electron chi connectivity index (χ0n) is 22.1. The van der Waals surface area contributed by atoms with Gasteiger partial charge in [-0.1, -0.05) is 32.9 Å². The lowest BCUT2D eigenvalue weighted by Crippen LogP contribution is -2.43. The molecule has 2 aliphatic heterocycles. The van der Waals surface area contributed by atoms with Gasteiger partial charge in [-0.25, -0.2) is 40.0 Å². The summed E-state index contributed by atoms with van der Waals surface area (Å²) in [7, 11) is -9.74. The predicted octanol–water partition coefficient (Wildman–Crippen LogP) is 3.44. The van der Waals surface area contributed by atoms with Crippen LogP contribution in [0.1, 0.15) is 45.6 Å². The van der Waals surface area contributed by atoms with Crippen LogP contribution < -0.4 is 0 Å². The van der Waals surface area contributed by atoms with Crippen molar-refractivity contribution in [1.29, 1.82) is 0 Å². The smallest absolute Gasteiger partial charge is 0.418 e. The minimum absolute atomic E-state index is 0.192. The molecule has 3 rings (SSSR count). The van der Waals surface area contributed by atoms with E-state index in [1.807, 2.05) is 0 Å². The second-order valence-corrected chi connectivity index (χ2v) is 15.7. The monoisotopic (exact) mass is 618 g/mol. The van der Waals surface area contributed by atoms with Gasteiger partial charge in [0.15, 0.2) is 15.0 Å². The minimum Gasteiger partial charge on any atom is -0.743 e. The number of ether oxygens (including phenoxy) is 1. The third-order valence-corrected chi connectivity index (χ3v) is 10.5. The summed E-state index contributed by atoms with van der Waals surface area (Å²) in [5, 5.41) is -5.33. The first-order valence-corrected chi connectivity index (χ1v) is 16.8. The van der Waals surface area contributed by atoms with Crippen molar-refractivity contribution < 1.29 is 48.9 Å². The van der Waals surface area contributed by atoms with Crippen LogP contribution in [0.3, 0.4) is 0 Å². The number of hydrogen-bond acceptors (Lipinski definition) is 8. The molecule has 3 amide bonds. The molecule has 0 radical (unpaired) electrons. The van der Waals surface area contributed by atoms with Crippen LogP contribution in [0.25, 0.3) is 0 Å². The van der Waals surface area contributed by atoms with Crippen LogP contribution in [0.4, 0.5) is 22.8 Å². The van der Waals surface area contributed by atoms with E-state index in [1.165, 1.54) is 36.3 Å². The van der Waals surface area contributed by atoms with E-state index in [9.17, 15) is 44.1 Å². The molecule has 1 aromatic carbocycles. The van der Waals surface area contributed by atoms with Gasteiger partial charge in [0, 0.05) is 10.9 Å². The predicted molar refractivity (Wildman–Crippen MR) is 139 cm³/mol. The van der Waals surface area contributed by atoms with Crippen molar-refractivity contribution in [3.05, 3.63) is 29.8 Å². The zero-order valence-corrected chi connectivity index (χ0v) is 24.5. The molecule has 0 bridgehead atoms. The molecule has 2 saturated heterocycles. The second-order valence-electron chi connectivity index (χ2n) is 10.1. The highest BCUT2D eigenvalue weighted by molar-refractivity contribution is 7.97. The number of amides is 3. The Bertz CT molecular complexity index is 1230. The highest BCUT2D eigenvalue weighted by atomic mass is 32.2. The zero-order chi connectivity index (χ0) is 29.8. The van der Waals surface area contributed by atoms with Crippen molar-refractivity contribution in [2.24, 2.45) is 0 Å². The lowest BCUT2D eigenvalue weighted by atomic mass is 9.87. The molecule has 0 N–H and O–H groups in total. The van der Waals surface area contributed by atoms with Gasteiger partial charge in [0.1, 0.15) is 18.1 Å². The van der Waals surface area contributed by atoms with E-state index in [1.54, 1.807) is 4.90 Å². The van der Waals surface area contributed by atoms with Gasteiger partial charge in [0.25, 0.3) is 0 Å². The summed E-state index contributed by atoms with van der Waals surface area (Å²) in [4.78, 5) is 24.8. The Morgan fingerprint density at radius 3 is 2.03 bits per heavy atom. The number of sulfonamides is 1. The number of carbonyl (C=O) groups is 2. The van der Waals surface area contributed by atoms with Gasteiger partial charge < -0.3 is 9.29 Å². The second kappa shape index (κ2) is 12.6. The first-order chi connectivity index (χ1) is 17.8. The fraction of sp³-hybridized carbons (Fsp3) is 0.652. The van der Waals surface area contributed by atoms with Gasteiger partial charge in [-0.3, -0.25) is 0 Å². The van der Waals surface area contributed by atoms with E-state index in [-0.39, 0.29) is 14.6 Å². The topological polar surface area (TPSA) is 141 Å². The molecule has 1 unspecified atom stereocenters. The summed E-state index contributed by atoms with van der Waals surface area (Å²) in [5.41, 5.74) is 1.74. The van der Waals surface area contributed by atoms with Crippen LogP contribution in [0.2, 0.25) is 0 Å². The maximum absolute atomic E-state index is 13.1. The number of halogens is 3. The molecule has 0 saturated carbocycles. The fourth-order valence-corrected chi connectivity index (χ4v) is 7.16. The fourth-order valence-electron chi connectivity index (χ4n) is 3.68. The van der Waals surface area contributed by atoms with Gasteiger partial charge in [0.2, 0.25) is 16.2 Å². The molecule has 0 aliphatic carbocycles. The lowest BCUT2D eigenvalue weighted by Gasteiger charge is -2.23. The number of benzene rings is 1. The summed E-state index contributed by atoms with van der Waals surface area (Å²) in [6, 6.07) is 8.06. The molecule has 0 aromatic heterocycles. The summed E-state index contributed by atoms with van der Waals surface area (Å²) < 4.78 is 95.9. The molecule has 222 valence electrons. The van der Waals surface area contributed by atoms with E-state index in [4.69, 9.17) is 0 Å². The lowest BCUT2D eigenvalue weighted by molar-refractivity contribution is -0.0333. The van der Waals surface area contributed by atoms with E-state index in [0.29, 0.717) is 17.2 Å². The van der Waals surface area contributed by atoms with Crippen LogP contribution in [0, 0.1) is 0 Å². The molecular weight excluding hydrogens is 585 g/mol. The molecule has 39 heavy (non-hydrogen) atoms. The van der Waals surface area contributed by atoms with E-state index in [2.05, 4.69) is 49.8 Å². The number of hydrogen-bond donors (Lipinski definition) is 0. The Morgan fingerprint density at radius 2 is 1.59 bits per heavy atom. The molecule has 1 aromatic rings. The maximum atomic E-state index is 13.1. The molecule has 2 fully saturated rings. The maximum Gasteiger partial charge on any atom is 0.418 e.